The smallest absolute Gasteiger partial charge is 0.340 e. The summed E-state index contributed by atoms with van der Waals surface area (Å²) in [6.45, 7) is 2.59. The molecule has 20 heteroatoms. The first-order chi connectivity index (χ1) is 42.1. The zero-order valence-electron chi connectivity index (χ0n) is 48.6. The second-order valence-corrected chi connectivity index (χ2v) is 22.6. The lowest BCUT2D eigenvalue weighted by Gasteiger charge is -2.36. The van der Waals surface area contributed by atoms with E-state index in [0.29, 0.717) is 59.1 Å². The molecule has 4 atom stereocenters. The van der Waals surface area contributed by atoms with Crippen molar-refractivity contribution in [3.05, 3.63) is 166 Å². The Hall–Kier alpha value is -9.01. The van der Waals surface area contributed by atoms with Crippen LogP contribution in [0.3, 0.4) is 0 Å². The molecule has 0 saturated heterocycles. The zero-order valence-corrected chi connectivity index (χ0v) is 48.6. The fourth-order valence-electron chi connectivity index (χ4n) is 11.6. The highest BCUT2D eigenvalue weighted by Crippen LogP contribution is 2.57. The molecule has 456 valence electrons. The van der Waals surface area contributed by atoms with Gasteiger partial charge >= 0.3 is 5.97 Å². The molecule has 9 rings (SSSR count). The van der Waals surface area contributed by atoms with Crippen molar-refractivity contribution in [3.63, 3.8) is 0 Å². The molecule has 0 bridgehead atoms. The topological polar surface area (TPSA) is 291 Å². The SMILES string of the molecule is C[C@@H]1CC(=O)/C=C/C(=O)N[C@H](C(=O)CCCOCCOCCNC(=O)c2ccc3c(c2)C(=O)OC32c3ccc(O)cc3Oc3cc(O)ccc32)CCCCNC(=O)C(Cc2ccc(C(=O)c3ccccc3)cc2)NC(=O)[C@H](CC2CCCCC2)NC1=O. The van der Waals surface area contributed by atoms with Gasteiger partial charge in [-0.15, -0.1) is 0 Å². The largest absolute Gasteiger partial charge is 0.508 e. The number of ether oxygens (including phenoxy) is 4. The first kappa shape index (κ1) is 62.5. The van der Waals surface area contributed by atoms with E-state index in [4.69, 9.17) is 18.9 Å². The van der Waals surface area contributed by atoms with Gasteiger partial charge in [0.2, 0.25) is 23.6 Å². The van der Waals surface area contributed by atoms with Crippen LogP contribution < -0.4 is 31.3 Å². The molecule has 20 nitrogen and oxygen atoms in total. The fraction of sp³-hybridized carbons (Fsp3) is 0.388. The molecule has 0 radical (unpaired) electrons. The van der Waals surface area contributed by atoms with Crippen molar-refractivity contribution in [3.8, 4) is 23.0 Å². The van der Waals surface area contributed by atoms with E-state index >= 15 is 0 Å². The molecule has 5 aromatic carbocycles. The van der Waals surface area contributed by atoms with E-state index in [1.54, 1.807) is 79.7 Å². The quantitative estimate of drug-likeness (QED) is 0.0261. The number of amides is 5. The molecule has 5 amide bonds. The third-order valence-corrected chi connectivity index (χ3v) is 16.2. The third-order valence-electron chi connectivity index (χ3n) is 16.2. The average molecular weight is 1190 g/mol. The molecular weight excluding hydrogens is 1110 g/mol. The Bertz CT molecular complexity index is 3340. The van der Waals surface area contributed by atoms with Gasteiger partial charge < -0.3 is 55.7 Å². The second kappa shape index (κ2) is 29.4. The van der Waals surface area contributed by atoms with Crippen LogP contribution in [-0.2, 0) is 55.0 Å². The van der Waals surface area contributed by atoms with Crippen molar-refractivity contribution in [2.75, 3.05) is 39.5 Å². The maximum atomic E-state index is 14.3. The number of phenolic OH excluding ortho intramolecular Hbond substituents is 2. The van der Waals surface area contributed by atoms with Crippen molar-refractivity contribution in [2.24, 2.45) is 11.8 Å². The number of hydrogen-bond donors (Lipinski definition) is 7. The van der Waals surface area contributed by atoms with Crippen molar-refractivity contribution >= 4 is 52.9 Å². The number of benzene rings is 5. The van der Waals surface area contributed by atoms with Gasteiger partial charge in [-0.25, -0.2) is 4.79 Å². The normalized spacial score (nSPS) is 20.4. The van der Waals surface area contributed by atoms with Gasteiger partial charge in [-0.3, -0.25) is 38.4 Å². The summed E-state index contributed by atoms with van der Waals surface area (Å²) in [5, 5.41) is 34.7. The number of phenols is 2. The van der Waals surface area contributed by atoms with Crippen LogP contribution in [0.4, 0.5) is 0 Å². The van der Waals surface area contributed by atoms with Crippen molar-refractivity contribution < 1.29 is 72.3 Å². The Morgan fingerprint density at radius 2 is 1.29 bits per heavy atom. The molecule has 3 heterocycles. The number of aromatic hydroxyl groups is 2. The first-order valence-corrected chi connectivity index (χ1v) is 29.8. The minimum Gasteiger partial charge on any atom is -0.508 e. The zero-order chi connectivity index (χ0) is 61.5. The predicted molar refractivity (Wildman–Crippen MR) is 318 cm³/mol. The van der Waals surface area contributed by atoms with Gasteiger partial charge in [-0.2, -0.15) is 0 Å². The number of rotatable bonds is 18. The van der Waals surface area contributed by atoms with Crippen LogP contribution in [0.5, 0.6) is 23.0 Å². The standard InChI is InChI=1S/C67H73N5O15/c1-41-35-47(73)24-28-60(77)70-54(15-8-9-29-68-64(81)55(72-65(82)56(71-62(41)79)36-42-11-4-2-5-12-42)37-43-17-19-45(20-18-43)61(78)44-13-6-3-7-14-44)57(76)16-10-31-84-33-34-85-32-30-69-63(80)46-21-25-51-50(38-46)66(83)87-67(51)52-26-22-48(74)39-58(52)86-59-40-49(75)23-27-53(59)67/h3,6-7,13-14,17-28,38-42,54-56,74-75H,2,4-5,8-12,15-16,29-37H2,1H3,(H,68,81)(H,69,80)(H,70,77)(H,71,79)(H,72,82)/b28-24+/t41-,54+,55?,56+/m1/s1. The number of nitrogens with one attached hydrogen (secondary N) is 5. The summed E-state index contributed by atoms with van der Waals surface area (Å²) < 4.78 is 23.5. The molecule has 5 aromatic rings. The molecule has 87 heavy (non-hydrogen) atoms. The van der Waals surface area contributed by atoms with Crippen LogP contribution >= 0.6 is 0 Å². The van der Waals surface area contributed by atoms with Crippen molar-refractivity contribution in [2.45, 2.75) is 114 Å². The van der Waals surface area contributed by atoms with Crippen LogP contribution in [0.15, 0.2) is 121 Å². The van der Waals surface area contributed by atoms with Gasteiger partial charge in [0, 0.05) is 96.5 Å². The van der Waals surface area contributed by atoms with E-state index in [-0.39, 0.29) is 117 Å². The maximum absolute atomic E-state index is 14.3. The summed E-state index contributed by atoms with van der Waals surface area (Å²) in [6.07, 6.45) is 8.62. The molecule has 1 spiro atoms. The molecule has 0 aromatic heterocycles. The van der Waals surface area contributed by atoms with Gasteiger partial charge in [-0.05, 0) is 86.1 Å². The van der Waals surface area contributed by atoms with Gasteiger partial charge in [0.05, 0.1) is 31.4 Å². The van der Waals surface area contributed by atoms with Crippen LogP contribution in [0, 0.1) is 11.8 Å². The van der Waals surface area contributed by atoms with E-state index in [9.17, 15) is 53.4 Å². The van der Waals surface area contributed by atoms with Crippen LogP contribution in [-0.4, -0.2) is 121 Å². The summed E-state index contributed by atoms with van der Waals surface area (Å²) >= 11 is 0. The lowest BCUT2D eigenvalue weighted by atomic mass is 9.77. The number of carbonyl (C=O) groups is 9. The Balaban J connectivity index is 0.749. The molecule has 1 aliphatic carbocycles. The van der Waals surface area contributed by atoms with E-state index in [1.807, 2.05) is 6.07 Å². The monoisotopic (exact) mass is 1190 g/mol. The molecule has 3 aliphatic heterocycles. The van der Waals surface area contributed by atoms with Crippen LogP contribution in [0.25, 0.3) is 0 Å². The summed E-state index contributed by atoms with van der Waals surface area (Å²) in [5.74, 6) is -4.62. The van der Waals surface area contributed by atoms with Crippen molar-refractivity contribution in [1.29, 1.82) is 0 Å². The van der Waals surface area contributed by atoms with Gasteiger partial charge in [0.25, 0.3) is 5.91 Å². The van der Waals surface area contributed by atoms with Gasteiger partial charge in [0.1, 0.15) is 35.1 Å². The fourth-order valence-corrected chi connectivity index (χ4v) is 11.6. The highest BCUT2D eigenvalue weighted by atomic mass is 16.6. The molecule has 1 fully saturated rings. The summed E-state index contributed by atoms with van der Waals surface area (Å²) in [7, 11) is 0. The number of esters is 1. The second-order valence-electron chi connectivity index (χ2n) is 22.6. The molecular formula is C67H73N5O15. The number of carbonyl (C=O) groups excluding carboxylic acids is 9. The highest BCUT2D eigenvalue weighted by Gasteiger charge is 2.54. The van der Waals surface area contributed by atoms with Crippen LogP contribution in [0.1, 0.15) is 143 Å². The Kier molecular flexibility index (Phi) is 21.1. The van der Waals surface area contributed by atoms with E-state index in [1.165, 1.54) is 30.3 Å². The molecule has 1 saturated carbocycles. The number of allylic oxidation sites excluding steroid dienone is 1. The van der Waals surface area contributed by atoms with Gasteiger partial charge in [-0.1, -0.05) is 99.7 Å². The number of Topliss-reactive ketones (excluding diaryl/α,β-unsaturated/α-hetero) is 1. The third kappa shape index (κ3) is 15.9. The Morgan fingerprint density at radius 3 is 2.00 bits per heavy atom. The van der Waals surface area contributed by atoms with Gasteiger partial charge in [0.15, 0.2) is 23.0 Å². The minimum absolute atomic E-state index is 0.0554. The highest BCUT2D eigenvalue weighted by molar-refractivity contribution is 6.09. The van der Waals surface area contributed by atoms with E-state index < -0.39 is 70.9 Å². The average Bonchev–Trinajstić information content (AvgIpc) is 1.63. The van der Waals surface area contributed by atoms with Crippen molar-refractivity contribution in [1.82, 2.24) is 26.6 Å². The first-order valence-electron chi connectivity index (χ1n) is 29.8. The lowest BCUT2D eigenvalue weighted by molar-refractivity contribution is -0.134. The molecule has 7 N–H and O–H groups in total. The Morgan fingerprint density at radius 1 is 0.644 bits per heavy atom. The molecule has 1 unspecified atom stereocenters. The number of hydrogen-bond acceptors (Lipinski definition) is 15. The minimum atomic E-state index is -1.46. The van der Waals surface area contributed by atoms with E-state index in [0.717, 1.165) is 44.3 Å². The number of fused-ring (bicyclic) bond motifs is 6. The van der Waals surface area contributed by atoms with Crippen LogP contribution in [0.2, 0.25) is 0 Å². The van der Waals surface area contributed by atoms with E-state index in [2.05, 4.69) is 26.6 Å². The maximum Gasteiger partial charge on any atom is 0.340 e. The molecule has 4 aliphatic rings. The summed E-state index contributed by atoms with van der Waals surface area (Å²) in [6, 6.07) is 26.3. The predicted octanol–water partition coefficient (Wildman–Crippen LogP) is 7.13. The number of ketones is 3. The Labute approximate surface area is 504 Å². The summed E-state index contributed by atoms with van der Waals surface area (Å²) in [5.41, 5.74) is 1.96. The lowest BCUT2D eigenvalue weighted by Crippen LogP contribution is -2.55. The summed E-state index contributed by atoms with van der Waals surface area (Å²) in [4.78, 5) is 122.